The Labute approximate surface area is 86.6 Å². The van der Waals surface area contributed by atoms with Gasteiger partial charge in [0, 0.05) is 12.5 Å². The molecule has 0 amide bonds. The molecule has 4 nitrogen and oxygen atoms in total. The van der Waals surface area contributed by atoms with Gasteiger partial charge in [-0.05, 0) is 19.4 Å². The number of amidine groups is 1. The lowest BCUT2D eigenvalue weighted by atomic mass is 10.0. The molecule has 4 heteroatoms. The third kappa shape index (κ3) is 5.80. The van der Waals surface area contributed by atoms with Gasteiger partial charge < -0.3 is 16.3 Å². The van der Waals surface area contributed by atoms with E-state index in [9.17, 15) is 0 Å². The molecule has 0 saturated carbocycles. The smallest absolute Gasteiger partial charge is 0.140 e. The fourth-order valence-electron chi connectivity index (χ4n) is 1.37. The third-order valence-corrected chi connectivity index (χ3v) is 2.55. The van der Waals surface area contributed by atoms with E-state index < -0.39 is 0 Å². The predicted molar refractivity (Wildman–Crippen MR) is 59.6 cm³/mol. The van der Waals surface area contributed by atoms with Crippen LogP contribution in [0.25, 0.3) is 0 Å². The van der Waals surface area contributed by atoms with Crippen LogP contribution in [0, 0.1) is 5.92 Å². The molecule has 0 aromatic rings. The Bertz CT molecular complexity index is 167. The Morgan fingerprint density at radius 1 is 1.43 bits per heavy atom. The van der Waals surface area contributed by atoms with Gasteiger partial charge in [-0.15, -0.1) is 0 Å². The number of hydrogen-bond acceptors (Lipinski definition) is 3. The van der Waals surface area contributed by atoms with Crippen LogP contribution < -0.4 is 11.1 Å². The van der Waals surface area contributed by atoms with Gasteiger partial charge in [-0.3, -0.25) is 0 Å². The van der Waals surface area contributed by atoms with E-state index in [2.05, 4.69) is 24.3 Å². The molecule has 0 aromatic carbocycles. The van der Waals surface area contributed by atoms with Crippen LogP contribution in [-0.4, -0.2) is 23.6 Å². The fourth-order valence-corrected chi connectivity index (χ4v) is 1.37. The summed E-state index contributed by atoms with van der Waals surface area (Å²) >= 11 is 0. The summed E-state index contributed by atoms with van der Waals surface area (Å²) in [5, 5.41) is 14.7. The molecule has 0 fully saturated rings. The average Bonchev–Trinajstić information content (AvgIpc) is 2.19. The summed E-state index contributed by atoms with van der Waals surface area (Å²) in [7, 11) is 0. The summed E-state index contributed by atoms with van der Waals surface area (Å²) in [5.41, 5.74) is 5.41. The van der Waals surface area contributed by atoms with Gasteiger partial charge in [0.05, 0.1) is 0 Å². The van der Waals surface area contributed by atoms with E-state index in [0.717, 1.165) is 12.5 Å². The summed E-state index contributed by atoms with van der Waals surface area (Å²) in [5.74, 6) is 1.01. The first kappa shape index (κ1) is 13.2. The van der Waals surface area contributed by atoms with Crippen LogP contribution in [-0.2, 0) is 0 Å². The lowest BCUT2D eigenvalue weighted by Crippen LogP contribution is -2.34. The summed E-state index contributed by atoms with van der Waals surface area (Å²) < 4.78 is 0. The van der Waals surface area contributed by atoms with Crippen LogP contribution in [0.5, 0.6) is 0 Å². The van der Waals surface area contributed by atoms with Crippen molar-refractivity contribution in [3.63, 3.8) is 0 Å². The first-order chi connectivity index (χ1) is 6.63. The van der Waals surface area contributed by atoms with Crippen molar-refractivity contribution in [2.75, 3.05) is 6.54 Å². The van der Waals surface area contributed by atoms with Crippen molar-refractivity contribution in [2.45, 2.75) is 46.1 Å². The highest BCUT2D eigenvalue weighted by atomic mass is 16.4. The van der Waals surface area contributed by atoms with E-state index in [0.29, 0.717) is 6.42 Å². The Morgan fingerprint density at radius 2 is 2.00 bits per heavy atom. The van der Waals surface area contributed by atoms with E-state index in [1.54, 1.807) is 0 Å². The highest BCUT2D eigenvalue weighted by Crippen LogP contribution is 2.05. The minimum Gasteiger partial charge on any atom is -0.409 e. The molecule has 0 aliphatic carbocycles. The number of oxime groups is 1. The van der Waals surface area contributed by atoms with E-state index >= 15 is 0 Å². The molecule has 4 N–H and O–H groups in total. The van der Waals surface area contributed by atoms with E-state index in [1.807, 2.05) is 6.92 Å². The molecule has 0 heterocycles. The SMILES string of the molecule is CCC(CC)CNC(C)CC(N)=NO. The minimum absolute atomic E-state index is 0.270. The van der Waals surface area contributed by atoms with E-state index in [4.69, 9.17) is 10.9 Å². The number of hydrogen-bond donors (Lipinski definition) is 3. The van der Waals surface area contributed by atoms with Gasteiger partial charge in [0.15, 0.2) is 0 Å². The second-order valence-corrected chi connectivity index (χ2v) is 3.79. The Morgan fingerprint density at radius 3 is 2.43 bits per heavy atom. The average molecular weight is 201 g/mol. The quantitative estimate of drug-likeness (QED) is 0.253. The number of nitrogens with one attached hydrogen (secondary N) is 1. The molecular formula is C10H23N3O. The van der Waals surface area contributed by atoms with Gasteiger partial charge >= 0.3 is 0 Å². The summed E-state index contributed by atoms with van der Waals surface area (Å²) in [6.07, 6.45) is 2.98. The number of nitrogens with two attached hydrogens (primary N) is 1. The first-order valence-electron chi connectivity index (χ1n) is 5.33. The van der Waals surface area contributed by atoms with Crippen LogP contribution in [0.2, 0.25) is 0 Å². The summed E-state index contributed by atoms with van der Waals surface area (Å²) in [4.78, 5) is 0. The maximum absolute atomic E-state index is 8.39. The molecule has 0 aliphatic heterocycles. The Balaban J connectivity index is 3.67. The lowest BCUT2D eigenvalue weighted by molar-refractivity contribution is 0.315. The first-order valence-corrected chi connectivity index (χ1v) is 5.33. The van der Waals surface area contributed by atoms with Crippen LogP contribution >= 0.6 is 0 Å². The predicted octanol–water partition coefficient (Wildman–Crippen LogP) is 1.54. The van der Waals surface area contributed by atoms with Crippen molar-refractivity contribution in [1.29, 1.82) is 0 Å². The molecule has 0 bridgehead atoms. The summed E-state index contributed by atoms with van der Waals surface area (Å²) in [6.45, 7) is 7.45. The van der Waals surface area contributed by atoms with Gasteiger partial charge in [0.1, 0.15) is 5.84 Å². The third-order valence-electron chi connectivity index (χ3n) is 2.55. The summed E-state index contributed by atoms with van der Waals surface area (Å²) in [6, 6.07) is 0.270. The van der Waals surface area contributed by atoms with E-state index in [1.165, 1.54) is 12.8 Å². The Hall–Kier alpha value is -0.770. The van der Waals surface area contributed by atoms with Gasteiger partial charge in [-0.1, -0.05) is 31.8 Å². The maximum Gasteiger partial charge on any atom is 0.140 e. The second-order valence-electron chi connectivity index (χ2n) is 3.79. The van der Waals surface area contributed by atoms with Gasteiger partial charge in [-0.25, -0.2) is 0 Å². The zero-order valence-electron chi connectivity index (χ0n) is 9.45. The maximum atomic E-state index is 8.39. The molecular weight excluding hydrogens is 178 g/mol. The molecule has 0 spiro atoms. The van der Waals surface area contributed by atoms with Crippen LogP contribution in [0.15, 0.2) is 5.16 Å². The highest BCUT2D eigenvalue weighted by Gasteiger charge is 2.07. The Kier molecular flexibility index (Phi) is 7.20. The van der Waals surface area contributed by atoms with Crippen molar-refractivity contribution in [1.82, 2.24) is 5.32 Å². The highest BCUT2D eigenvalue weighted by molar-refractivity contribution is 5.80. The van der Waals surface area contributed by atoms with Crippen LogP contribution in [0.1, 0.15) is 40.0 Å². The monoisotopic (exact) mass is 201 g/mol. The van der Waals surface area contributed by atoms with Crippen LogP contribution in [0.3, 0.4) is 0 Å². The van der Waals surface area contributed by atoms with Gasteiger partial charge in [0.2, 0.25) is 0 Å². The molecule has 0 aliphatic rings. The molecule has 1 atom stereocenters. The van der Waals surface area contributed by atoms with Crippen molar-refractivity contribution in [3.8, 4) is 0 Å². The molecule has 1 unspecified atom stereocenters. The van der Waals surface area contributed by atoms with Gasteiger partial charge in [0.25, 0.3) is 0 Å². The number of rotatable bonds is 7. The molecule has 0 rings (SSSR count). The fraction of sp³-hybridized carbons (Fsp3) is 0.900. The number of nitrogens with zero attached hydrogens (tertiary/aromatic N) is 1. The molecule has 0 radical (unpaired) electrons. The normalized spacial score (nSPS) is 14.7. The van der Waals surface area contributed by atoms with Crippen LogP contribution in [0.4, 0.5) is 0 Å². The van der Waals surface area contributed by atoms with Crippen molar-refractivity contribution < 1.29 is 5.21 Å². The zero-order valence-corrected chi connectivity index (χ0v) is 9.45. The topological polar surface area (TPSA) is 70.6 Å². The van der Waals surface area contributed by atoms with E-state index in [-0.39, 0.29) is 11.9 Å². The molecule has 84 valence electrons. The molecule has 14 heavy (non-hydrogen) atoms. The largest absolute Gasteiger partial charge is 0.409 e. The zero-order chi connectivity index (χ0) is 11.0. The minimum atomic E-state index is 0.270. The van der Waals surface area contributed by atoms with Gasteiger partial charge in [-0.2, -0.15) is 0 Å². The van der Waals surface area contributed by atoms with Crippen molar-refractivity contribution >= 4 is 5.84 Å². The molecule has 0 aromatic heterocycles. The van der Waals surface area contributed by atoms with Crippen molar-refractivity contribution in [2.24, 2.45) is 16.8 Å². The second kappa shape index (κ2) is 7.62. The molecule has 0 saturated heterocycles. The lowest BCUT2D eigenvalue weighted by Gasteiger charge is -2.17. The standard InChI is InChI=1S/C10H23N3O/c1-4-9(5-2)7-12-8(3)6-10(11)13-14/h8-9,12,14H,4-7H2,1-3H3,(H2,11,13). The van der Waals surface area contributed by atoms with Crippen molar-refractivity contribution in [3.05, 3.63) is 0 Å².